The van der Waals surface area contributed by atoms with Crippen molar-refractivity contribution in [2.45, 2.75) is 33.6 Å². The van der Waals surface area contributed by atoms with Gasteiger partial charge in [0.05, 0.1) is 10.6 Å². The SMILES string of the molecule is Cc1noc(C)c1-c1cc(I)c(NC(=O)C2(C)CC2)c([N+](=O)[O-])c1. The summed E-state index contributed by atoms with van der Waals surface area (Å²) < 4.78 is 5.75. The van der Waals surface area contributed by atoms with Gasteiger partial charge in [0.25, 0.3) is 5.69 Å². The number of nitrogens with one attached hydrogen (secondary N) is 1. The number of carbonyl (C=O) groups excluding carboxylic acids is 1. The molecule has 1 N–H and O–H groups in total. The monoisotopic (exact) mass is 441 g/mol. The molecule has 0 spiro atoms. The third-order valence-electron chi connectivity index (χ3n) is 4.37. The molecule has 7 nitrogen and oxygen atoms in total. The van der Waals surface area contributed by atoms with Crippen LogP contribution in [0.4, 0.5) is 11.4 Å². The number of hydrogen-bond acceptors (Lipinski definition) is 5. The lowest BCUT2D eigenvalue weighted by atomic mass is 10.0. The number of amides is 1. The maximum Gasteiger partial charge on any atom is 0.294 e. The summed E-state index contributed by atoms with van der Waals surface area (Å²) in [4.78, 5) is 23.3. The van der Waals surface area contributed by atoms with E-state index in [1.165, 1.54) is 6.07 Å². The molecule has 1 saturated carbocycles. The summed E-state index contributed by atoms with van der Waals surface area (Å²) in [7, 11) is 0. The number of carbonyl (C=O) groups is 1. The lowest BCUT2D eigenvalue weighted by Gasteiger charge is -2.13. The van der Waals surface area contributed by atoms with E-state index in [-0.39, 0.29) is 17.3 Å². The topological polar surface area (TPSA) is 98.3 Å². The second-order valence-electron chi connectivity index (χ2n) is 6.32. The lowest BCUT2D eigenvalue weighted by molar-refractivity contribution is -0.383. The molecule has 3 rings (SSSR count). The van der Waals surface area contributed by atoms with Gasteiger partial charge in [-0.2, -0.15) is 0 Å². The maximum atomic E-state index is 12.3. The van der Waals surface area contributed by atoms with Crippen molar-refractivity contribution in [1.29, 1.82) is 0 Å². The highest BCUT2D eigenvalue weighted by Crippen LogP contribution is 2.47. The minimum Gasteiger partial charge on any atom is -0.361 e. The number of anilines is 1. The predicted molar refractivity (Wildman–Crippen MR) is 96.8 cm³/mol. The van der Waals surface area contributed by atoms with E-state index in [1.807, 2.05) is 29.5 Å². The van der Waals surface area contributed by atoms with Gasteiger partial charge in [0.15, 0.2) is 0 Å². The molecule has 126 valence electrons. The summed E-state index contributed by atoms with van der Waals surface area (Å²) in [5.74, 6) is 0.425. The van der Waals surface area contributed by atoms with Gasteiger partial charge in [-0.15, -0.1) is 0 Å². The largest absolute Gasteiger partial charge is 0.361 e. The molecule has 0 radical (unpaired) electrons. The number of hydrogen-bond donors (Lipinski definition) is 1. The zero-order valence-corrected chi connectivity index (χ0v) is 15.6. The first-order valence-electron chi connectivity index (χ1n) is 7.45. The van der Waals surface area contributed by atoms with Crippen molar-refractivity contribution >= 4 is 39.9 Å². The Morgan fingerprint density at radius 2 is 2.08 bits per heavy atom. The van der Waals surface area contributed by atoms with Crippen LogP contribution in [0.5, 0.6) is 0 Å². The van der Waals surface area contributed by atoms with Crippen LogP contribution in [0.2, 0.25) is 0 Å². The number of nitro groups is 1. The molecule has 1 aliphatic rings. The number of benzene rings is 1. The summed E-state index contributed by atoms with van der Waals surface area (Å²) in [6, 6.07) is 3.25. The van der Waals surface area contributed by atoms with Gasteiger partial charge in [0.1, 0.15) is 11.4 Å². The second kappa shape index (κ2) is 5.83. The van der Waals surface area contributed by atoms with Crippen molar-refractivity contribution in [2.24, 2.45) is 5.41 Å². The highest BCUT2D eigenvalue weighted by Gasteiger charge is 2.45. The van der Waals surface area contributed by atoms with Gasteiger partial charge < -0.3 is 9.84 Å². The van der Waals surface area contributed by atoms with Gasteiger partial charge in [-0.05, 0) is 60.9 Å². The molecular weight excluding hydrogens is 425 g/mol. The molecule has 0 unspecified atom stereocenters. The van der Waals surface area contributed by atoms with Crippen molar-refractivity contribution in [3.8, 4) is 11.1 Å². The van der Waals surface area contributed by atoms with Crippen LogP contribution < -0.4 is 5.32 Å². The highest BCUT2D eigenvalue weighted by atomic mass is 127. The first-order valence-corrected chi connectivity index (χ1v) is 8.53. The van der Waals surface area contributed by atoms with Crippen LogP contribution in [-0.2, 0) is 4.79 Å². The normalized spacial score (nSPS) is 15.2. The quantitative estimate of drug-likeness (QED) is 0.436. The van der Waals surface area contributed by atoms with Gasteiger partial charge in [-0.1, -0.05) is 12.1 Å². The minimum absolute atomic E-state index is 0.130. The molecule has 1 amide bonds. The average molecular weight is 441 g/mol. The van der Waals surface area contributed by atoms with Crippen molar-refractivity contribution in [2.75, 3.05) is 5.32 Å². The Kier molecular flexibility index (Phi) is 4.10. The molecule has 1 aliphatic carbocycles. The molecule has 0 bridgehead atoms. The van der Waals surface area contributed by atoms with Crippen LogP contribution in [0, 0.1) is 32.9 Å². The van der Waals surface area contributed by atoms with E-state index < -0.39 is 10.3 Å². The predicted octanol–water partition coefficient (Wildman–Crippen LogP) is 4.21. The van der Waals surface area contributed by atoms with Crippen LogP contribution in [0.3, 0.4) is 0 Å². The van der Waals surface area contributed by atoms with Gasteiger partial charge in [-0.25, -0.2) is 0 Å². The molecule has 0 atom stereocenters. The Balaban J connectivity index is 2.08. The fraction of sp³-hybridized carbons (Fsp3) is 0.375. The van der Waals surface area contributed by atoms with Crippen molar-refractivity contribution < 1.29 is 14.2 Å². The van der Waals surface area contributed by atoms with E-state index in [9.17, 15) is 14.9 Å². The molecule has 1 fully saturated rings. The summed E-state index contributed by atoms with van der Waals surface area (Å²) in [5, 5.41) is 18.2. The van der Waals surface area contributed by atoms with Gasteiger partial charge >= 0.3 is 0 Å². The Morgan fingerprint density at radius 1 is 1.42 bits per heavy atom. The summed E-state index contributed by atoms with van der Waals surface area (Å²) in [6.07, 6.45) is 1.61. The number of aryl methyl sites for hydroxylation is 2. The van der Waals surface area contributed by atoms with Crippen LogP contribution in [0.1, 0.15) is 31.2 Å². The standard InChI is InChI=1S/C16H16IN3O4/c1-8-13(9(2)24-19-8)10-6-11(17)14(12(7-10)20(22)23)18-15(21)16(3)4-5-16/h6-7H,4-5H2,1-3H3,(H,18,21). The smallest absolute Gasteiger partial charge is 0.294 e. The van der Waals surface area contributed by atoms with E-state index in [2.05, 4.69) is 10.5 Å². The van der Waals surface area contributed by atoms with Gasteiger partial charge in [0.2, 0.25) is 5.91 Å². The minimum atomic E-state index is -0.477. The Hall–Kier alpha value is -1.97. The summed E-state index contributed by atoms with van der Waals surface area (Å²) >= 11 is 2.01. The zero-order chi connectivity index (χ0) is 17.6. The van der Waals surface area contributed by atoms with Crippen LogP contribution in [-0.4, -0.2) is 16.0 Å². The first-order chi connectivity index (χ1) is 11.2. The summed E-state index contributed by atoms with van der Waals surface area (Å²) in [5.41, 5.74) is 1.77. The second-order valence-corrected chi connectivity index (χ2v) is 7.49. The fourth-order valence-corrected chi connectivity index (χ4v) is 3.32. The highest BCUT2D eigenvalue weighted by molar-refractivity contribution is 14.1. The lowest BCUT2D eigenvalue weighted by Crippen LogP contribution is -2.22. The molecular formula is C16H16IN3O4. The number of nitrogens with zero attached hydrogens (tertiary/aromatic N) is 2. The average Bonchev–Trinajstić information content (AvgIpc) is 3.17. The van der Waals surface area contributed by atoms with E-state index in [1.54, 1.807) is 19.9 Å². The molecule has 8 heteroatoms. The molecule has 0 saturated heterocycles. The molecule has 1 heterocycles. The van der Waals surface area contributed by atoms with Crippen LogP contribution >= 0.6 is 22.6 Å². The molecule has 24 heavy (non-hydrogen) atoms. The molecule has 2 aromatic rings. The third-order valence-corrected chi connectivity index (χ3v) is 5.23. The van der Waals surface area contributed by atoms with Crippen LogP contribution in [0.25, 0.3) is 11.1 Å². The molecule has 0 aliphatic heterocycles. The number of rotatable bonds is 4. The fourth-order valence-electron chi connectivity index (χ4n) is 2.58. The first kappa shape index (κ1) is 16.9. The number of nitro benzene ring substituents is 1. The number of halogens is 1. The van der Waals surface area contributed by atoms with E-state index in [0.29, 0.717) is 20.6 Å². The summed E-state index contributed by atoms with van der Waals surface area (Å²) in [6.45, 7) is 5.41. The van der Waals surface area contributed by atoms with E-state index in [0.717, 1.165) is 18.4 Å². The van der Waals surface area contributed by atoms with Gasteiger partial charge in [0, 0.05) is 20.6 Å². The Bertz CT molecular complexity index is 836. The maximum absolute atomic E-state index is 12.3. The van der Waals surface area contributed by atoms with E-state index >= 15 is 0 Å². The molecule has 1 aromatic carbocycles. The Morgan fingerprint density at radius 3 is 2.58 bits per heavy atom. The van der Waals surface area contributed by atoms with Gasteiger partial charge in [-0.3, -0.25) is 14.9 Å². The molecule has 1 aromatic heterocycles. The Labute approximate surface area is 152 Å². The van der Waals surface area contributed by atoms with Crippen molar-refractivity contribution in [3.05, 3.63) is 37.3 Å². The zero-order valence-electron chi connectivity index (χ0n) is 13.5. The van der Waals surface area contributed by atoms with Crippen LogP contribution in [0.15, 0.2) is 16.7 Å². The number of aromatic nitrogens is 1. The van der Waals surface area contributed by atoms with Crippen molar-refractivity contribution in [1.82, 2.24) is 5.16 Å². The van der Waals surface area contributed by atoms with E-state index in [4.69, 9.17) is 4.52 Å². The third kappa shape index (κ3) is 2.90. The van der Waals surface area contributed by atoms with Crippen molar-refractivity contribution in [3.63, 3.8) is 0 Å².